The van der Waals surface area contributed by atoms with Gasteiger partial charge in [-0.05, 0) is 52.9 Å². The Balaban J connectivity index is 4.75. The Bertz CT molecular complexity index is 410. The second-order valence-corrected chi connectivity index (χ2v) is 19.2. The lowest BCUT2D eigenvalue weighted by Gasteiger charge is -2.31. The molecule has 0 saturated carbocycles. The van der Waals surface area contributed by atoms with E-state index < -0.39 is 16.4 Å². The third-order valence-corrected chi connectivity index (χ3v) is 9.82. The molecular formula is C17H36OSi3. The first-order chi connectivity index (χ1) is 9.43. The highest BCUT2D eigenvalue weighted by molar-refractivity contribution is 6.85. The van der Waals surface area contributed by atoms with Gasteiger partial charge in [-0.25, -0.2) is 0 Å². The Morgan fingerprint density at radius 3 is 2.24 bits per heavy atom. The molecule has 21 heavy (non-hydrogen) atoms. The van der Waals surface area contributed by atoms with Gasteiger partial charge in [0.1, 0.15) is 13.7 Å². The van der Waals surface area contributed by atoms with Crippen molar-refractivity contribution >= 4 is 25.9 Å². The minimum Gasteiger partial charge on any atom is -0.402 e. The summed E-state index contributed by atoms with van der Waals surface area (Å²) < 4.78 is 6.32. The molecule has 0 heterocycles. The molecular weight excluding hydrogens is 304 g/mol. The van der Waals surface area contributed by atoms with Crippen LogP contribution in [0.25, 0.3) is 0 Å². The van der Waals surface area contributed by atoms with Gasteiger partial charge in [-0.15, -0.1) is 5.54 Å². The van der Waals surface area contributed by atoms with Gasteiger partial charge in [0.25, 0.3) is 0 Å². The maximum absolute atomic E-state index is 6.32. The van der Waals surface area contributed by atoms with E-state index in [9.17, 15) is 0 Å². The molecule has 122 valence electrons. The van der Waals surface area contributed by atoms with Gasteiger partial charge in [0.2, 0.25) is 0 Å². The molecule has 0 saturated heterocycles. The fourth-order valence-electron chi connectivity index (χ4n) is 2.18. The molecule has 0 radical (unpaired) electrons. The van der Waals surface area contributed by atoms with Crippen LogP contribution in [0.1, 0.15) is 34.1 Å². The van der Waals surface area contributed by atoms with Gasteiger partial charge < -0.3 is 4.43 Å². The Kier molecular flexibility index (Phi) is 8.48. The third-order valence-electron chi connectivity index (χ3n) is 3.74. The Morgan fingerprint density at radius 2 is 1.81 bits per heavy atom. The molecule has 0 bridgehead atoms. The highest BCUT2D eigenvalue weighted by Crippen LogP contribution is 2.21. The van der Waals surface area contributed by atoms with Crippen LogP contribution in [0, 0.1) is 11.5 Å². The van der Waals surface area contributed by atoms with Crippen molar-refractivity contribution in [2.45, 2.75) is 84.5 Å². The summed E-state index contributed by atoms with van der Waals surface area (Å²) >= 11 is 0. The standard InChI is InChI=1S/C17H36OSi3/c1-10-16(3)19-13-15-21(8,9)14-12-17(4,11-2)18-20(5,6)7/h10H,11,13,15,19H2,1-9H3. The lowest BCUT2D eigenvalue weighted by molar-refractivity contribution is 0.138. The summed E-state index contributed by atoms with van der Waals surface area (Å²) in [6.45, 7) is 20.3. The summed E-state index contributed by atoms with van der Waals surface area (Å²) in [5.74, 6) is 3.52. The molecule has 0 amide bonds. The minimum absolute atomic E-state index is 0.0245. The van der Waals surface area contributed by atoms with E-state index in [0.717, 1.165) is 6.42 Å². The summed E-state index contributed by atoms with van der Waals surface area (Å²) in [6.07, 6.45) is 3.25. The van der Waals surface area contributed by atoms with Crippen molar-refractivity contribution in [3.8, 4) is 11.5 Å². The van der Waals surface area contributed by atoms with E-state index in [1.807, 2.05) is 0 Å². The van der Waals surface area contributed by atoms with E-state index in [1.165, 1.54) is 12.1 Å². The van der Waals surface area contributed by atoms with Gasteiger partial charge in [0, 0.05) is 9.52 Å². The van der Waals surface area contributed by atoms with Crippen LogP contribution in [0.5, 0.6) is 0 Å². The largest absolute Gasteiger partial charge is 0.402 e. The molecule has 0 rings (SSSR count). The Labute approximate surface area is 137 Å². The molecule has 4 heteroatoms. The maximum atomic E-state index is 6.32. The van der Waals surface area contributed by atoms with Crippen LogP contribution in [0.4, 0.5) is 0 Å². The monoisotopic (exact) mass is 340 g/mol. The molecule has 0 aliphatic carbocycles. The highest BCUT2D eigenvalue weighted by atomic mass is 28.4. The lowest BCUT2D eigenvalue weighted by Crippen LogP contribution is -2.39. The summed E-state index contributed by atoms with van der Waals surface area (Å²) in [5, 5.41) is 1.63. The van der Waals surface area contributed by atoms with Gasteiger partial charge in [0.15, 0.2) is 8.32 Å². The van der Waals surface area contributed by atoms with Gasteiger partial charge in [-0.3, -0.25) is 0 Å². The van der Waals surface area contributed by atoms with Crippen LogP contribution in [0.2, 0.25) is 44.8 Å². The van der Waals surface area contributed by atoms with Crippen molar-refractivity contribution in [2.75, 3.05) is 0 Å². The summed E-state index contributed by atoms with van der Waals surface area (Å²) in [6, 6.07) is 2.74. The quantitative estimate of drug-likeness (QED) is 0.479. The second-order valence-electron chi connectivity index (χ2n) is 7.92. The zero-order valence-electron chi connectivity index (χ0n) is 15.8. The number of hydrogen-bond donors (Lipinski definition) is 0. The first-order valence-corrected chi connectivity index (χ1v) is 16.6. The van der Waals surface area contributed by atoms with Crippen LogP contribution in [-0.4, -0.2) is 31.5 Å². The lowest BCUT2D eigenvalue weighted by atomic mass is 10.1. The normalized spacial score (nSPS) is 16.7. The molecule has 0 aliphatic rings. The van der Waals surface area contributed by atoms with Crippen molar-refractivity contribution in [1.82, 2.24) is 0 Å². The average molecular weight is 341 g/mol. The molecule has 0 N–H and O–H groups in total. The van der Waals surface area contributed by atoms with E-state index in [2.05, 4.69) is 78.0 Å². The van der Waals surface area contributed by atoms with Crippen LogP contribution >= 0.6 is 0 Å². The van der Waals surface area contributed by atoms with Crippen LogP contribution in [0.3, 0.4) is 0 Å². The van der Waals surface area contributed by atoms with Crippen molar-refractivity contribution in [3.05, 3.63) is 11.3 Å². The Morgan fingerprint density at radius 1 is 1.24 bits per heavy atom. The molecule has 0 aliphatic heterocycles. The number of allylic oxidation sites excluding steroid dienone is 2. The molecule has 0 aromatic carbocycles. The van der Waals surface area contributed by atoms with Gasteiger partial charge in [-0.2, -0.15) is 0 Å². The van der Waals surface area contributed by atoms with Crippen LogP contribution in [-0.2, 0) is 4.43 Å². The van der Waals surface area contributed by atoms with Gasteiger partial charge in [0.05, 0.1) is 0 Å². The van der Waals surface area contributed by atoms with E-state index in [1.54, 1.807) is 5.20 Å². The SMILES string of the molecule is CC=C(C)[SiH2]CC[Si](C)(C)C#CC(C)(CC)O[Si](C)(C)C. The summed E-state index contributed by atoms with van der Waals surface area (Å²) in [5.41, 5.74) is 3.41. The van der Waals surface area contributed by atoms with E-state index in [-0.39, 0.29) is 15.1 Å². The molecule has 0 aromatic rings. The number of rotatable bonds is 7. The van der Waals surface area contributed by atoms with E-state index in [4.69, 9.17) is 4.43 Å². The zero-order valence-corrected chi connectivity index (χ0v) is 19.2. The minimum atomic E-state index is -1.54. The topological polar surface area (TPSA) is 9.23 Å². The summed E-state index contributed by atoms with van der Waals surface area (Å²) in [4.78, 5) is 0. The fraction of sp³-hybridized carbons (Fsp3) is 0.765. The molecule has 1 unspecified atom stereocenters. The third kappa shape index (κ3) is 10.3. The van der Waals surface area contributed by atoms with E-state index >= 15 is 0 Å². The second kappa shape index (κ2) is 8.52. The van der Waals surface area contributed by atoms with Crippen molar-refractivity contribution in [3.63, 3.8) is 0 Å². The first kappa shape index (κ1) is 20.9. The van der Waals surface area contributed by atoms with Crippen LogP contribution < -0.4 is 0 Å². The van der Waals surface area contributed by atoms with E-state index in [0.29, 0.717) is 0 Å². The van der Waals surface area contributed by atoms with Crippen molar-refractivity contribution < 1.29 is 4.43 Å². The molecule has 1 nitrogen and oxygen atoms in total. The molecule has 0 aromatic heterocycles. The van der Waals surface area contributed by atoms with Gasteiger partial charge in [-0.1, -0.05) is 43.3 Å². The molecule has 0 fully saturated rings. The predicted molar refractivity (Wildman–Crippen MR) is 106 cm³/mol. The summed E-state index contributed by atoms with van der Waals surface area (Å²) in [7, 11) is -2.97. The molecule has 1 atom stereocenters. The van der Waals surface area contributed by atoms with Gasteiger partial charge >= 0.3 is 0 Å². The maximum Gasteiger partial charge on any atom is 0.185 e. The zero-order chi connectivity index (χ0) is 16.7. The highest BCUT2D eigenvalue weighted by Gasteiger charge is 2.29. The van der Waals surface area contributed by atoms with Crippen LogP contribution in [0.15, 0.2) is 11.3 Å². The number of hydrogen-bond acceptors (Lipinski definition) is 1. The predicted octanol–water partition coefficient (Wildman–Crippen LogP) is 4.77. The van der Waals surface area contributed by atoms with Crippen molar-refractivity contribution in [1.29, 1.82) is 0 Å². The Hall–Kier alpha value is -0.0894. The fourth-order valence-corrected chi connectivity index (χ4v) is 9.54. The molecule has 0 spiro atoms. The van der Waals surface area contributed by atoms with Crippen molar-refractivity contribution in [2.24, 2.45) is 0 Å². The average Bonchev–Trinajstić information content (AvgIpc) is 2.34. The smallest absolute Gasteiger partial charge is 0.185 e. The first-order valence-electron chi connectivity index (χ1n) is 8.29.